The molecule has 0 aliphatic carbocycles. The monoisotopic (exact) mass is 256 g/mol. The highest BCUT2D eigenvalue weighted by Gasteiger charge is 2.38. The normalized spacial score (nSPS) is 23.2. The molecule has 0 fully saturated rings. The number of aromatic nitrogens is 2. The van der Waals surface area contributed by atoms with E-state index in [-0.39, 0.29) is 11.5 Å². The van der Waals surface area contributed by atoms with Crippen LogP contribution < -0.4 is 11.2 Å². The van der Waals surface area contributed by atoms with Crippen molar-refractivity contribution in [2.24, 2.45) is 0 Å². The van der Waals surface area contributed by atoms with Crippen molar-refractivity contribution in [3.05, 3.63) is 44.6 Å². The van der Waals surface area contributed by atoms with Gasteiger partial charge in [0, 0.05) is 19.4 Å². The summed E-state index contributed by atoms with van der Waals surface area (Å²) in [6, 6.07) is 1.14. The van der Waals surface area contributed by atoms with Gasteiger partial charge in [-0.05, 0) is 0 Å². The van der Waals surface area contributed by atoms with Crippen LogP contribution in [0.15, 0.2) is 33.4 Å². The van der Waals surface area contributed by atoms with Gasteiger partial charge in [-0.25, -0.2) is 4.79 Å². The Labute approximate surface area is 101 Å². The maximum absolute atomic E-state index is 11.6. The molecule has 1 aromatic heterocycles. The number of aromatic amines is 1. The van der Waals surface area contributed by atoms with E-state index in [4.69, 9.17) is 14.6 Å². The number of nitrogens with one attached hydrogen (secondary N) is 1. The lowest BCUT2D eigenvalue weighted by Crippen LogP contribution is -2.36. The van der Waals surface area contributed by atoms with Crippen LogP contribution in [0, 0.1) is 0 Å². The molecular formula is C10H12N2O6. The lowest BCUT2D eigenvalue weighted by atomic mass is 10.2. The van der Waals surface area contributed by atoms with E-state index in [1.807, 2.05) is 0 Å². The Kier molecular flexibility index (Phi) is 3.21. The highest BCUT2D eigenvalue weighted by molar-refractivity contribution is 5.14. The topological polar surface area (TPSA) is 114 Å². The Bertz CT molecular complexity index is 587. The first kappa shape index (κ1) is 12.4. The van der Waals surface area contributed by atoms with Crippen molar-refractivity contribution in [1.82, 2.24) is 9.55 Å². The Hall–Kier alpha value is -2.06. The molecule has 1 aromatic rings. The number of nitrogens with zero attached hydrogens (tertiary/aromatic N) is 1. The summed E-state index contributed by atoms with van der Waals surface area (Å²) in [6.07, 6.45) is -0.664. The van der Waals surface area contributed by atoms with Crippen LogP contribution in [0.2, 0.25) is 0 Å². The quantitative estimate of drug-likeness (QED) is 0.628. The molecule has 98 valence electrons. The number of ether oxygens (including phenoxy) is 2. The van der Waals surface area contributed by atoms with Crippen LogP contribution >= 0.6 is 0 Å². The summed E-state index contributed by atoms with van der Waals surface area (Å²) in [4.78, 5) is 24.6. The maximum atomic E-state index is 11.6. The van der Waals surface area contributed by atoms with Gasteiger partial charge in [-0.15, -0.1) is 0 Å². The Morgan fingerprint density at radius 1 is 1.56 bits per heavy atom. The summed E-state index contributed by atoms with van der Waals surface area (Å²) >= 11 is 0. The van der Waals surface area contributed by atoms with Gasteiger partial charge in [-0.2, -0.15) is 0 Å². The fourth-order valence-electron chi connectivity index (χ4n) is 1.74. The van der Waals surface area contributed by atoms with Crippen molar-refractivity contribution >= 4 is 0 Å². The molecule has 1 aliphatic rings. The second-order valence-electron chi connectivity index (χ2n) is 3.65. The van der Waals surface area contributed by atoms with Gasteiger partial charge in [0.2, 0.25) is 6.23 Å². The van der Waals surface area contributed by atoms with Gasteiger partial charge in [0.25, 0.3) is 5.56 Å². The zero-order valence-corrected chi connectivity index (χ0v) is 9.49. The number of hydrogen-bond donors (Lipinski definition) is 3. The van der Waals surface area contributed by atoms with Gasteiger partial charge in [-0.1, -0.05) is 0 Å². The summed E-state index contributed by atoms with van der Waals surface area (Å²) in [5.74, 6) is -0.340. The first-order valence-corrected chi connectivity index (χ1v) is 5.12. The van der Waals surface area contributed by atoms with E-state index in [0.29, 0.717) is 0 Å². The minimum absolute atomic E-state index is 0.0649. The molecule has 0 bridgehead atoms. The smallest absolute Gasteiger partial charge is 0.331 e. The molecule has 0 unspecified atom stereocenters. The number of aliphatic hydroxyl groups is 2. The molecule has 0 aromatic carbocycles. The third-order valence-corrected chi connectivity index (χ3v) is 2.60. The average Bonchev–Trinajstić information content (AvgIpc) is 2.65. The van der Waals surface area contributed by atoms with Gasteiger partial charge >= 0.3 is 5.69 Å². The van der Waals surface area contributed by atoms with Crippen LogP contribution in [0.3, 0.4) is 0 Å². The summed E-state index contributed by atoms with van der Waals surface area (Å²) < 4.78 is 11.3. The minimum atomic E-state index is -0.971. The molecule has 18 heavy (non-hydrogen) atoms. The van der Waals surface area contributed by atoms with Gasteiger partial charge < -0.3 is 19.7 Å². The largest absolute Gasteiger partial charge is 0.506 e. The van der Waals surface area contributed by atoms with E-state index in [9.17, 15) is 14.7 Å². The standard InChI is InChI=1S/C10H12N2O6/c1-17-8-7(15)5(4-13)18-9(8)12-3-2-6(14)11-10(12)16/h2-3,8-9,13,15H,4H2,1H3,(H,11,14,16)/t8-,9+/m0/s1. The molecule has 2 heterocycles. The van der Waals surface area contributed by atoms with Crippen molar-refractivity contribution in [2.75, 3.05) is 13.7 Å². The zero-order chi connectivity index (χ0) is 13.3. The highest BCUT2D eigenvalue weighted by atomic mass is 16.6. The maximum Gasteiger partial charge on any atom is 0.331 e. The van der Waals surface area contributed by atoms with Crippen molar-refractivity contribution in [3.8, 4) is 0 Å². The summed E-state index contributed by atoms with van der Waals surface area (Å²) in [7, 11) is 1.33. The van der Waals surface area contributed by atoms with Crippen LogP contribution in [-0.4, -0.2) is 39.6 Å². The molecule has 3 N–H and O–H groups in total. The summed E-state index contributed by atoms with van der Waals surface area (Å²) in [6.45, 7) is -0.514. The van der Waals surface area contributed by atoms with Gasteiger partial charge in [0.15, 0.2) is 17.6 Å². The summed E-state index contributed by atoms with van der Waals surface area (Å²) in [5.41, 5.74) is -1.23. The Morgan fingerprint density at radius 3 is 2.83 bits per heavy atom. The molecular weight excluding hydrogens is 244 g/mol. The number of hydrogen-bond acceptors (Lipinski definition) is 6. The first-order valence-electron chi connectivity index (χ1n) is 5.12. The number of H-pyrrole nitrogens is 1. The molecule has 2 rings (SSSR count). The van der Waals surface area contributed by atoms with Crippen molar-refractivity contribution in [1.29, 1.82) is 0 Å². The third kappa shape index (κ3) is 1.91. The van der Waals surface area contributed by atoms with Gasteiger partial charge in [0.1, 0.15) is 6.61 Å². The van der Waals surface area contributed by atoms with E-state index in [1.165, 1.54) is 13.3 Å². The van der Waals surface area contributed by atoms with E-state index >= 15 is 0 Å². The van der Waals surface area contributed by atoms with E-state index in [1.54, 1.807) is 0 Å². The molecule has 0 amide bonds. The van der Waals surface area contributed by atoms with Crippen LogP contribution in [-0.2, 0) is 9.47 Å². The van der Waals surface area contributed by atoms with Crippen LogP contribution in [0.4, 0.5) is 0 Å². The zero-order valence-electron chi connectivity index (χ0n) is 9.49. The predicted molar refractivity (Wildman–Crippen MR) is 59.0 cm³/mol. The molecule has 8 nitrogen and oxygen atoms in total. The predicted octanol–water partition coefficient (Wildman–Crippen LogP) is -1.16. The second-order valence-corrected chi connectivity index (χ2v) is 3.65. The highest BCUT2D eigenvalue weighted by Crippen LogP contribution is 2.31. The molecule has 0 radical (unpaired) electrons. The van der Waals surface area contributed by atoms with Crippen molar-refractivity contribution in [3.63, 3.8) is 0 Å². The lowest BCUT2D eigenvalue weighted by Gasteiger charge is -2.19. The fraction of sp³-hybridized carbons (Fsp3) is 0.400. The number of aliphatic hydroxyl groups excluding tert-OH is 2. The van der Waals surface area contributed by atoms with Crippen molar-refractivity contribution < 1.29 is 19.7 Å². The third-order valence-electron chi connectivity index (χ3n) is 2.60. The average molecular weight is 256 g/mol. The molecule has 1 aliphatic heterocycles. The molecule has 0 spiro atoms. The molecule has 0 saturated carbocycles. The van der Waals surface area contributed by atoms with Gasteiger partial charge in [0.05, 0.1) is 0 Å². The second kappa shape index (κ2) is 4.67. The first-order chi connectivity index (χ1) is 8.58. The van der Waals surface area contributed by atoms with Crippen LogP contribution in [0.1, 0.15) is 6.23 Å². The van der Waals surface area contributed by atoms with Crippen LogP contribution in [0.5, 0.6) is 0 Å². The SMILES string of the molecule is CO[C@H]1C(O)=C(CO)O[C@H]1n1ccc(=O)[nH]c1=O. The molecule has 2 atom stereocenters. The van der Waals surface area contributed by atoms with E-state index in [0.717, 1.165) is 10.6 Å². The van der Waals surface area contributed by atoms with E-state index < -0.39 is 30.2 Å². The number of rotatable bonds is 3. The fourth-order valence-corrected chi connectivity index (χ4v) is 1.74. The number of methoxy groups -OCH3 is 1. The Morgan fingerprint density at radius 2 is 2.28 bits per heavy atom. The van der Waals surface area contributed by atoms with Gasteiger partial charge in [-0.3, -0.25) is 14.3 Å². The molecule has 8 heteroatoms. The van der Waals surface area contributed by atoms with E-state index in [2.05, 4.69) is 4.98 Å². The Balaban J connectivity index is 2.41. The van der Waals surface area contributed by atoms with Crippen molar-refractivity contribution in [2.45, 2.75) is 12.3 Å². The van der Waals surface area contributed by atoms with Crippen LogP contribution in [0.25, 0.3) is 0 Å². The minimum Gasteiger partial charge on any atom is -0.506 e. The lowest BCUT2D eigenvalue weighted by molar-refractivity contribution is -0.0374. The molecule has 0 saturated heterocycles. The summed E-state index contributed by atoms with van der Waals surface area (Å²) in [5, 5.41) is 18.7.